The van der Waals surface area contributed by atoms with Gasteiger partial charge in [-0.05, 0) is 45.0 Å². The lowest BCUT2D eigenvalue weighted by atomic mass is 9.95. The number of piperidine rings is 1. The quantitative estimate of drug-likeness (QED) is 0.769. The molecule has 0 aliphatic carbocycles. The Bertz CT molecular complexity index is 675. The number of imidazole rings is 1. The second-order valence-corrected chi connectivity index (χ2v) is 6.96. The van der Waals surface area contributed by atoms with Crippen molar-refractivity contribution >= 4 is 34.2 Å². The Balaban J connectivity index is 1.75. The van der Waals surface area contributed by atoms with Gasteiger partial charge in [0.05, 0.1) is 33.5 Å². The lowest BCUT2D eigenvalue weighted by Crippen LogP contribution is -2.49. The fraction of sp³-hybridized carbons (Fsp3) is 0.562. The molecule has 3 atom stereocenters. The molecule has 0 radical (unpaired) electrons. The summed E-state index contributed by atoms with van der Waals surface area (Å²) in [5, 5.41) is 17.9. The Morgan fingerprint density at radius 2 is 2.22 bits per heavy atom. The Labute approximate surface area is 146 Å². The highest BCUT2D eigenvalue weighted by atomic mass is 35.5. The molecule has 1 aromatic heterocycles. The van der Waals surface area contributed by atoms with Gasteiger partial charge in [-0.2, -0.15) is 0 Å². The topological polar surface area (TPSA) is 62.1 Å². The number of hydrogen-bond acceptors (Lipinski definition) is 4. The zero-order valence-electron chi connectivity index (χ0n) is 13.1. The van der Waals surface area contributed by atoms with Crippen LogP contribution in [0.25, 0.3) is 11.0 Å². The Hall–Kier alpha value is -0.850. The van der Waals surface area contributed by atoms with Gasteiger partial charge in [-0.3, -0.25) is 0 Å². The van der Waals surface area contributed by atoms with Crippen molar-refractivity contribution < 1.29 is 5.11 Å². The predicted molar refractivity (Wildman–Crippen MR) is 94.2 cm³/mol. The molecule has 126 valence electrons. The standard InChI is InChI=1S/C16H22Cl2N4O/c1-19-10(5-14-16(23)3-2-4-20-14)8-22-9-21-13-6-11(17)12(18)7-15(13)22/h6-7,9-10,14,16,19-20,23H,2-5,8H2,1H3/t10?,14-,16+/m1/s1. The number of hydrogen-bond donors (Lipinski definition) is 3. The SMILES string of the molecule is CNC(C[C@H]1NCCC[C@@H]1O)Cn1cnc2cc(Cl)c(Cl)cc21. The number of nitrogens with zero attached hydrogens (tertiary/aromatic N) is 2. The second-order valence-electron chi connectivity index (χ2n) is 6.14. The van der Waals surface area contributed by atoms with Crippen LogP contribution in [0.15, 0.2) is 18.5 Å². The molecule has 1 saturated heterocycles. The molecule has 1 aromatic carbocycles. The molecule has 23 heavy (non-hydrogen) atoms. The molecule has 1 aliphatic rings. The van der Waals surface area contributed by atoms with Crippen molar-refractivity contribution in [2.75, 3.05) is 13.6 Å². The van der Waals surface area contributed by atoms with Gasteiger partial charge in [0.25, 0.3) is 0 Å². The summed E-state index contributed by atoms with van der Waals surface area (Å²) in [6.07, 6.45) is 4.31. The summed E-state index contributed by atoms with van der Waals surface area (Å²) in [5.74, 6) is 0. The molecule has 1 unspecified atom stereocenters. The molecule has 3 N–H and O–H groups in total. The fourth-order valence-electron chi connectivity index (χ4n) is 3.20. The van der Waals surface area contributed by atoms with E-state index in [1.54, 1.807) is 6.07 Å². The minimum atomic E-state index is -0.271. The van der Waals surface area contributed by atoms with Crippen LogP contribution in [-0.4, -0.2) is 46.4 Å². The van der Waals surface area contributed by atoms with Crippen LogP contribution in [0.3, 0.4) is 0 Å². The molecule has 2 heterocycles. The summed E-state index contributed by atoms with van der Waals surface area (Å²) in [4.78, 5) is 4.40. The van der Waals surface area contributed by atoms with E-state index in [4.69, 9.17) is 23.2 Å². The molecule has 1 aliphatic heterocycles. The minimum Gasteiger partial charge on any atom is -0.392 e. The van der Waals surface area contributed by atoms with Gasteiger partial charge in [0.15, 0.2) is 0 Å². The predicted octanol–water partition coefficient (Wildman–Crippen LogP) is 2.43. The van der Waals surface area contributed by atoms with Gasteiger partial charge < -0.3 is 20.3 Å². The zero-order valence-corrected chi connectivity index (χ0v) is 14.6. The van der Waals surface area contributed by atoms with E-state index in [1.165, 1.54) is 0 Å². The Morgan fingerprint density at radius 3 is 2.96 bits per heavy atom. The maximum atomic E-state index is 10.1. The molecular weight excluding hydrogens is 335 g/mol. The average Bonchev–Trinajstić information content (AvgIpc) is 2.91. The minimum absolute atomic E-state index is 0.133. The lowest BCUT2D eigenvalue weighted by Gasteiger charge is -2.32. The molecule has 1 fully saturated rings. The molecule has 7 heteroatoms. The molecule has 0 amide bonds. The normalized spacial score (nSPS) is 23.3. The number of halogens is 2. The highest BCUT2D eigenvalue weighted by Gasteiger charge is 2.25. The molecule has 0 spiro atoms. The second kappa shape index (κ2) is 7.36. The summed E-state index contributed by atoms with van der Waals surface area (Å²) in [7, 11) is 1.95. The number of rotatable bonds is 5. The van der Waals surface area contributed by atoms with Crippen molar-refractivity contribution in [2.24, 2.45) is 0 Å². The van der Waals surface area contributed by atoms with Crippen LogP contribution in [0.4, 0.5) is 0 Å². The first-order valence-electron chi connectivity index (χ1n) is 7.97. The van der Waals surface area contributed by atoms with Crippen LogP contribution >= 0.6 is 23.2 Å². The summed E-state index contributed by atoms with van der Waals surface area (Å²) in [6.45, 7) is 1.73. The van der Waals surface area contributed by atoms with Gasteiger partial charge >= 0.3 is 0 Å². The van der Waals surface area contributed by atoms with Crippen molar-refractivity contribution in [3.8, 4) is 0 Å². The van der Waals surface area contributed by atoms with E-state index in [0.717, 1.165) is 43.4 Å². The number of benzene rings is 1. The van der Waals surface area contributed by atoms with Crippen LogP contribution in [-0.2, 0) is 6.54 Å². The molecular formula is C16H22Cl2N4O. The van der Waals surface area contributed by atoms with E-state index in [9.17, 15) is 5.11 Å². The maximum Gasteiger partial charge on any atom is 0.0958 e. The van der Waals surface area contributed by atoms with Gasteiger partial charge in [-0.25, -0.2) is 4.98 Å². The summed E-state index contributed by atoms with van der Waals surface area (Å²) in [6, 6.07) is 4.00. The van der Waals surface area contributed by atoms with Gasteiger partial charge in [0, 0.05) is 18.6 Å². The van der Waals surface area contributed by atoms with Crippen molar-refractivity contribution in [2.45, 2.75) is 44.0 Å². The number of fused-ring (bicyclic) bond motifs is 1. The molecule has 5 nitrogen and oxygen atoms in total. The van der Waals surface area contributed by atoms with E-state index in [0.29, 0.717) is 10.0 Å². The van der Waals surface area contributed by atoms with Crippen molar-refractivity contribution in [3.05, 3.63) is 28.5 Å². The van der Waals surface area contributed by atoms with Crippen molar-refractivity contribution in [1.29, 1.82) is 0 Å². The zero-order chi connectivity index (χ0) is 16.4. The highest BCUT2D eigenvalue weighted by molar-refractivity contribution is 6.42. The first kappa shape index (κ1) is 17.0. The highest BCUT2D eigenvalue weighted by Crippen LogP contribution is 2.27. The van der Waals surface area contributed by atoms with Gasteiger partial charge in [-0.1, -0.05) is 23.2 Å². The Kier molecular flexibility index (Phi) is 5.44. The van der Waals surface area contributed by atoms with E-state index in [-0.39, 0.29) is 18.2 Å². The lowest BCUT2D eigenvalue weighted by molar-refractivity contribution is 0.0864. The molecule has 0 saturated carbocycles. The van der Waals surface area contributed by atoms with E-state index in [2.05, 4.69) is 20.2 Å². The van der Waals surface area contributed by atoms with Crippen LogP contribution < -0.4 is 10.6 Å². The maximum absolute atomic E-state index is 10.1. The number of likely N-dealkylation sites (N-methyl/N-ethyl adjacent to an activating group) is 1. The average molecular weight is 357 g/mol. The van der Waals surface area contributed by atoms with E-state index in [1.807, 2.05) is 19.4 Å². The smallest absolute Gasteiger partial charge is 0.0958 e. The van der Waals surface area contributed by atoms with Gasteiger partial charge in [0.1, 0.15) is 0 Å². The monoisotopic (exact) mass is 356 g/mol. The number of aliphatic hydroxyl groups excluding tert-OH is 1. The fourth-order valence-corrected chi connectivity index (χ4v) is 3.52. The van der Waals surface area contributed by atoms with Crippen LogP contribution in [0, 0.1) is 0 Å². The van der Waals surface area contributed by atoms with E-state index >= 15 is 0 Å². The van der Waals surface area contributed by atoms with Crippen molar-refractivity contribution in [3.63, 3.8) is 0 Å². The number of aliphatic hydroxyl groups is 1. The Morgan fingerprint density at radius 1 is 1.43 bits per heavy atom. The first-order chi connectivity index (χ1) is 11.1. The van der Waals surface area contributed by atoms with Crippen molar-refractivity contribution in [1.82, 2.24) is 20.2 Å². The van der Waals surface area contributed by atoms with Crippen LogP contribution in [0.2, 0.25) is 10.0 Å². The summed E-state index contributed by atoms with van der Waals surface area (Å²) in [5.41, 5.74) is 1.81. The third-order valence-electron chi connectivity index (χ3n) is 4.57. The summed E-state index contributed by atoms with van der Waals surface area (Å²) < 4.78 is 2.08. The van der Waals surface area contributed by atoms with Gasteiger partial charge in [0.2, 0.25) is 0 Å². The molecule has 0 bridgehead atoms. The third kappa shape index (κ3) is 3.80. The first-order valence-corrected chi connectivity index (χ1v) is 8.72. The summed E-state index contributed by atoms with van der Waals surface area (Å²) >= 11 is 12.2. The van der Waals surface area contributed by atoms with Crippen LogP contribution in [0.1, 0.15) is 19.3 Å². The van der Waals surface area contributed by atoms with E-state index < -0.39 is 0 Å². The third-order valence-corrected chi connectivity index (χ3v) is 5.30. The largest absolute Gasteiger partial charge is 0.392 e. The molecule has 2 aromatic rings. The number of aromatic nitrogens is 2. The molecule has 3 rings (SSSR count). The number of nitrogens with one attached hydrogen (secondary N) is 2. The van der Waals surface area contributed by atoms with Gasteiger partial charge in [-0.15, -0.1) is 0 Å². The van der Waals surface area contributed by atoms with Crippen LogP contribution in [0.5, 0.6) is 0 Å².